The third-order valence-electron chi connectivity index (χ3n) is 5.96. The zero-order chi connectivity index (χ0) is 25.5. The van der Waals surface area contributed by atoms with Gasteiger partial charge in [0.25, 0.3) is 0 Å². The zero-order valence-electron chi connectivity index (χ0n) is 23.2. The van der Waals surface area contributed by atoms with Crippen molar-refractivity contribution in [2.24, 2.45) is 0 Å². The summed E-state index contributed by atoms with van der Waals surface area (Å²) in [5, 5.41) is 20.2. The molecule has 0 saturated heterocycles. The van der Waals surface area contributed by atoms with Crippen molar-refractivity contribution < 1.29 is 39.3 Å². The van der Waals surface area contributed by atoms with Gasteiger partial charge >= 0.3 is 19.5 Å². The van der Waals surface area contributed by atoms with Crippen LogP contribution >= 0.6 is 0 Å². The number of allylic oxidation sites excluding steroid dienone is 2. The molecule has 0 aliphatic rings. The van der Waals surface area contributed by atoms with Gasteiger partial charge in [-0.25, -0.2) is 0 Å². The van der Waals surface area contributed by atoms with Crippen LogP contribution in [0.1, 0.15) is 155 Å². The molecule has 0 fully saturated rings. The molecule has 0 heterocycles. The molecule has 35 heavy (non-hydrogen) atoms. The summed E-state index contributed by atoms with van der Waals surface area (Å²) < 4.78 is 0. The van der Waals surface area contributed by atoms with Crippen molar-refractivity contribution >= 4 is 11.9 Å². The molecule has 5 heteroatoms. The molecular weight excluding hydrogens is 490 g/mol. The van der Waals surface area contributed by atoms with E-state index >= 15 is 0 Å². The van der Waals surface area contributed by atoms with Gasteiger partial charge in [-0.2, -0.15) is 0 Å². The Morgan fingerprint density at radius 1 is 0.457 bits per heavy atom. The number of rotatable bonds is 24. The Morgan fingerprint density at radius 2 is 0.686 bits per heavy atom. The van der Waals surface area contributed by atoms with Crippen LogP contribution in [0.25, 0.3) is 0 Å². The van der Waals surface area contributed by atoms with Crippen molar-refractivity contribution in [3.8, 4) is 0 Å². The Hall–Kier alpha value is -0.957. The third-order valence-corrected chi connectivity index (χ3v) is 5.96. The summed E-state index contributed by atoms with van der Waals surface area (Å²) in [6, 6.07) is 0. The Bertz CT molecular complexity index is 445. The Kier molecular flexibility index (Phi) is 38.8. The predicted molar refractivity (Wildman–Crippen MR) is 141 cm³/mol. The predicted octanol–water partition coefficient (Wildman–Crippen LogP) is 7.20. The Morgan fingerprint density at radius 3 is 0.914 bits per heavy atom. The third kappa shape index (κ3) is 43.5. The maximum absolute atomic E-state index is 10.1. The minimum Gasteiger partial charge on any atom is -0.545 e. The van der Waals surface area contributed by atoms with E-state index in [9.17, 15) is 19.8 Å². The van der Waals surface area contributed by atoms with Gasteiger partial charge in [-0.05, 0) is 37.8 Å². The molecule has 0 aliphatic carbocycles. The summed E-state index contributed by atoms with van der Waals surface area (Å²) >= 11 is 0. The molecule has 4 nitrogen and oxygen atoms in total. The molecule has 0 aromatic rings. The van der Waals surface area contributed by atoms with Gasteiger partial charge in [-0.15, -0.1) is 0 Å². The van der Waals surface area contributed by atoms with E-state index in [4.69, 9.17) is 0 Å². The van der Waals surface area contributed by atoms with E-state index in [1.165, 1.54) is 116 Å². The average Bonchev–Trinajstić information content (AvgIpc) is 2.80. The summed E-state index contributed by atoms with van der Waals surface area (Å²) in [6.45, 7) is 4.49. The van der Waals surface area contributed by atoms with Crippen molar-refractivity contribution in [2.75, 3.05) is 0 Å². The summed E-state index contributed by atoms with van der Waals surface area (Å²) in [7, 11) is 0. The van der Waals surface area contributed by atoms with Gasteiger partial charge in [0.2, 0.25) is 0 Å². The topological polar surface area (TPSA) is 80.3 Å². The quantitative estimate of drug-likeness (QED) is 0.0732. The summed E-state index contributed by atoms with van der Waals surface area (Å²) in [5.74, 6) is -2.17. The molecule has 0 radical (unpaired) electrons. The SMILES string of the molecule is CCCCCCCCCCCCC=CC(=O)[O-].CCCCCCCCCCCCC=CC(=O)[O-].[Zn+2]. The van der Waals surface area contributed by atoms with Gasteiger partial charge in [0.1, 0.15) is 0 Å². The van der Waals surface area contributed by atoms with Gasteiger partial charge in [-0.1, -0.05) is 142 Å². The second-order valence-electron chi connectivity index (χ2n) is 9.38. The smallest absolute Gasteiger partial charge is 0.545 e. The van der Waals surface area contributed by atoms with Crippen molar-refractivity contribution in [1.82, 2.24) is 0 Å². The van der Waals surface area contributed by atoms with Crippen LogP contribution in [-0.4, -0.2) is 11.9 Å². The molecule has 0 aromatic carbocycles. The van der Waals surface area contributed by atoms with Crippen molar-refractivity contribution in [3.05, 3.63) is 24.3 Å². The fourth-order valence-electron chi connectivity index (χ4n) is 3.86. The van der Waals surface area contributed by atoms with Gasteiger partial charge in [0.05, 0.1) is 11.9 Å². The molecule has 200 valence electrons. The van der Waals surface area contributed by atoms with Gasteiger partial charge < -0.3 is 19.8 Å². The molecule has 0 saturated carbocycles. The van der Waals surface area contributed by atoms with Crippen molar-refractivity contribution in [2.45, 2.75) is 155 Å². The molecule has 0 amide bonds. The molecule has 0 aromatic heterocycles. The molecule has 0 N–H and O–H groups in total. The second kappa shape index (κ2) is 35.2. The van der Waals surface area contributed by atoms with E-state index in [1.807, 2.05) is 0 Å². The molecule has 0 atom stereocenters. The van der Waals surface area contributed by atoms with Crippen LogP contribution in [0.2, 0.25) is 0 Å². The molecular formula is C30H54O4Zn. The first kappa shape index (κ1) is 38.6. The maximum Gasteiger partial charge on any atom is 2.00 e. The Labute approximate surface area is 230 Å². The zero-order valence-corrected chi connectivity index (χ0v) is 26.2. The van der Waals surface area contributed by atoms with E-state index in [-0.39, 0.29) is 19.5 Å². The minimum absolute atomic E-state index is 0. The normalized spacial score (nSPS) is 10.8. The number of aliphatic carboxylic acids is 2. The summed E-state index contributed by atoms with van der Waals surface area (Å²) in [6.07, 6.45) is 33.7. The van der Waals surface area contributed by atoms with Crippen molar-refractivity contribution in [3.63, 3.8) is 0 Å². The van der Waals surface area contributed by atoms with Crippen LogP contribution in [-0.2, 0) is 29.1 Å². The monoisotopic (exact) mass is 542 g/mol. The Balaban J connectivity index is -0.000000569. The average molecular weight is 544 g/mol. The second-order valence-corrected chi connectivity index (χ2v) is 9.38. The molecule has 0 unspecified atom stereocenters. The molecule has 0 spiro atoms. The standard InChI is InChI=1S/2C15H28O2.Zn/c2*1-2-3-4-5-6-7-8-9-10-11-12-13-14-15(16)17;/h2*13-14H,2-12H2,1H3,(H,16,17);/q;;+2/p-2. The number of carboxylic acid groups (broad SMARTS) is 2. The maximum atomic E-state index is 10.1. The number of hydrogen-bond acceptors (Lipinski definition) is 4. The van der Waals surface area contributed by atoms with Crippen LogP contribution in [0.4, 0.5) is 0 Å². The first-order chi connectivity index (χ1) is 16.5. The van der Waals surface area contributed by atoms with Crippen LogP contribution in [0.5, 0.6) is 0 Å². The number of carbonyl (C=O) groups excluding carboxylic acids is 2. The van der Waals surface area contributed by atoms with E-state index in [1.54, 1.807) is 12.2 Å². The molecule has 0 aliphatic heterocycles. The number of carbonyl (C=O) groups is 2. The minimum atomic E-state index is -1.09. The number of hydrogen-bond donors (Lipinski definition) is 0. The van der Waals surface area contributed by atoms with Gasteiger partial charge in [0, 0.05) is 0 Å². The van der Waals surface area contributed by atoms with Crippen LogP contribution in [0.15, 0.2) is 24.3 Å². The van der Waals surface area contributed by atoms with E-state index in [2.05, 4.69) is 13.8 Å². The molecule has 0 bridgehead atoms. The summed E-state index contributed by atoms with van der Waals surface area (Å²) in [4.78, 5) is 20.2. The van der Waals surface area contributed by atoms with Crippen LogP contribution in [0.3, 0.4) is 0 Å². The fraction of sp³-hybridized carbons (Fsp3) is 0.800. The first-order valence-electron chi connectivity index (χ1n) is 14.3. The fourth-order valence-corrected chi connectivity index (χ4v) is 3.86. The summed E-state index contributed by atoms with van der Waals surface area (Å²) in [5.41, 5.74) is 0. The van der Waals surface area contributed by atoms with Crippen LogP contribution in [0, 0.1) is 0 Å². The van der Waals surface area contributed by atoms with Gasteiger partial charge in [0.15, 0.2) is 0 Å². The van der Waals surface area contributed by atoms with Gasteiger partial charge in [-0.3, -0.25) is 0 Å². The number of carboxylic acids is 2. The van der Waals surface area contributed by atoms with Crippen LogP contribution < -0.4 is 10.2 Å². The van der Waals surface area contributed by atoms with Crippen molar-refractivity contribution in [1.29, 1.82) is 0 Å². The first-order valence-corrected chi connectivity index (χ1v) is 14.3. The molecule has 0 rings (SSSR count). The van der Waals surface area contributed by atoms with E-state index < -0.39 is 11.9 Å². The number of unbranched alkanes of at least 4 members (excludes halogenated alkanes) is 20. The largest absolute Gasteiger partial charge is 2.00 e. The van der Waals surface area contributed by atoms with E-state index in [0.717, 1.165) is 37.8 Å². The van der Waals surface area contributed by atoms with E-state index in [0.29, 0.717) is 0 Å².